The van der Waals surface area contributed by atoms with Crippen LogP contribution in [-0.2, 0) is 0 Å². The molecule has 0 radical (unpaired) electrons. The Balaban J connectivity index is 0.995. The van der Waals surface area contributed by atoms with E-state index in [2.05, 4.69) is 302 Å². The number of hydrogen-bond acceptors (Lipinski definition) is 1. The predicted molar refractivity (Wildman–Crippen MR) is 302 cm³/mol. The van der Waals surface area contributed by atoms with Crippen molar-refractivity contribution in [2.75, 3.05) is 4.90 Å². The lowest BCUT2D eigenvalue weighted by Gasteiger charge is -2.29. The van der Waals surface area contributed by atoms with Crippen molar-refractivity contribution >= 4 is 27.8 Å². The molecule has 0 heterocycles. The zero-order valence-electron chi connectivity index (χ0n) is 39.2. The second kappa shape index (κ2) is 19.4. The van der Waals surface area contributed by atoms with Crippen LogP contribution in [0.2, 0.25) is 0 Å². The molecule has 0 amide bonds. The maximum atomic E-state index is 2.44. The van der Waals surface area contributed by atoms with Gasteiger partial charge in [-0.25, -0.2) is 0 Å². The van der Waals surface area contributed by atoms with Gasteiger partial charge in [-0.2, -0.15) is 0 Å². The van der Waals surface area contributed by atoms with E-state index in [1.54, 1.807) is 0 Å². The fourth-order valence-corrected chi connectivity index (χ4v) is 10.3. The largest absolute Gasteiger partial charge is 0.310 e. The topological polar surface area (TPSA) is 3.24 Å². The van der Waals surface area contributed by atoms with Crippen LogP contribution in [0.25, 0.3) is 99.8 Å². The van der Waals surface area contributed by atoms with E-state index in [0.29, 0.717) is 0 Å². The van der Waals surface area contributed by atoms with Crippen molar-refractivity contribution in [2.45, 2.75) is 0 Å². The number of para-hydroxylation sites is 1. The van der Waals surface area contributed by atoms with Gasteiger partial charge in [0, 0.05) is 16.9 Å². The first kappa shape index (κ1) is 43.0. The lowest BCUT2D eigenvalue weighted by Crippen LogP contribution is -2.11. The second-order valence-corrected chi connectivity index (χ2v) is 18.0. The summed E-state index contributed by atoms with van der Waals surface area (Å²) in [6.07, 6.45) is 0. The van der Waals surface area contributed by atoms with Gasteiger partial charge in [-0.05, 0) is 125 Å². The van der Waals surface area contributed by atoms with E-state index in [4.69, 9.17) is 0 Å². The number of anilines is 3. The lowest BCUT2D eigenvalue weighted by molar-refractivity contribution is 1.28. The maximum absolute atomic E-state index is 2.44. The van der Waals surface area contributed by atoms with E-state index in [0.717, 1.165) is 39.3 Å². The first-order valence-corrected chi connectivity index (χ1v) is 24.4. The molecule has 0 bridgehead atoms. The molecule has 1 heteroatoms. The Kier molecular flexibility index (Phi) is 11.7. The molecular weight excluding hydrogens is 855 g/mol. The second-order valence-electron chi connectivity index (χ2n) is 18.0. The Labute approximate surface area is 416 Å². The summed E-state index contributed by atoms with van der Waals surface area (Å²) in [5.74, 6) is 0. The van der Waals surface area contributed by atoms with Crippen LogP contribution in [-0.4, -0.2) is 0 Å². The van der Waals surface area contributed by atoms with E-state index in [9.17, 15) is 0 Å². The Morgan fingerprint density at radius 2 is 0.592 bits per heavy atom. The van der Waals surface area contributed by atoms with Gasteiger partial charge in [0.1, 0.15) is 0 Å². The number of benzene rings is 12. The molecule has 0 saturated carbocycles. The van der Waals surface area contributed by atoms with Crippen molar-refractivity contribution in [3.63, 3.8) is 0 Å². The fraction of sp³-hybridized carbons (Fsp3) is 0. The van der Waals surface area contributed by atoms with Crippen molar-refractivity contribution in [3.05, 3.63) is 297 Å². The highest BCUT2D eigenvalue weighted by atomic mass is 15.1. The van der Waals surface area contributed by atoms with Crippen LogP contribution >= 0.6 is 0 Å². The highest BCUT2D eigenvalue weighted by molar-refractivity contribution is 6.03. The van der Waals surface area contributed by atoms with E-state index in [1.807, 2.05) is 0 Å². The molecule has 12 rings (SSSR count). The number of nitrogens with zero attached hydrogens (tertiary/aromatic N) is 1. The number of fused-ring (bicyclic) bond motifs is 1. The average Bonchev–Trinajstić information content (AvgIpc) is 3.46. The van der Waals surface area contributed by atoms with E-state index < -0.39 is 0 Å². The van der Waals surface area contributed by atoms with Crippen molar-refractivity contribution in [1.29, 1.82) is 0 Å². The zero-order valence-corrected chi connectivity index (χ0v) is 39.2. The summed E-state index contributed by atoms with van der Waals surface area (Å²) in [6.45, 7) is 0. The third-order valence-corrected chi connectivity index (χ3v) is 13.7. The number of rotatable bonds is 11. The van der Waals surface area contributed by atoms with Gasteiger partial charge in [0.25, 0.3) is 0 Å². The van der Waals surface area contributed by atoms with Gasteiger partial charge in [0.2, 0.25) is 0 Å². The van der Waals surface area contributed by atoms with Crippen molar-refractivity contribution in [1.82, 2.24) is 0 Å². The molecule has 334 valence electrons. The summed E-state index contributed by atoms with van der Waals surface area (Å²) in [6, 6.07) is 108. The molecule has 0 unspecified atom stereocenters. The summed E-state index contributed by atoms with van der Waals surface area (Å²) in [5, 5.41) is 2.46. The van der Waals surface area contributed by atoms with Crippen LogP contribution < -0.4 is 4.90 Å². The molecule has 0 aliphatic heterocycles. The number of hydrogen-bond donors (Lipinski definition) is 0. The molecule has 0 aliphatic rings. The van der Waals surface area contributed by atoms with Gasteiger partial charge in [-0.3, -0.25) is 0 Å². The normalized spacial score (nSPS) is 11.1. The first-order chi connectivity index (χ1) is 35.2. The van der Waals surface area contributed by atoms with Crippen molar-refractivity contribution < 1.29 is 0 Å². The van der Waals surface area contributed by atoms with Crippen molar-refractivity contribution in [3.8, 4) is 89.0 Å². The third-order valence-electron chi connectivity index (χ3n) is 13.7. The first-order valence-electron chi connectivity index (χ1n) is 24.4. The van der Waals surface area contributed by atoms with Gasteiger partial charge in [-0.15, -0.1) is 0 Å². The summed E-state index contributed by atoms with van der Waals surface area (Å²) in [7, 11) is 0. The monoisotopic (exact) mass is 903 g/mol. The summed E-state index contributed by atoms with van der Waals surface area (Å²) in [5.41, 5.74) is 22.2. The van der Waals surface area contributed by atoms with Gasteiger partial charge in [0.05, 0.1) is 5.69 Å². The molecule has 12 aromatic rings. The molecule has 12 aromatic carbocycles. The minimum absolute atomic E-state index is 1.07. The molecule has 0 aliphatic carbocycles. The summed E-state index contributed by atoms with van der Waals surface area (Å²) >= 11 is 0. The lowest BCUT2D eigenvalue weighted by atomic mass is 9.84. The smallest absolute Gasteiger partial charge is 0.0540 e. The van der Waals surface area contributed by atoms with Crippen LogP contribution in [0, 0.1) is 0 Å². The van der Waals surface area contributed by atoms with Crippen LogP contribution in [0.5, 0.6) is 0 Å². The standard InChI is InChI=1S/C70H49N/c1-4-19-50(20-5-1)51-37-39-52(40-38-51)53-41-43-54(44-42-53)55-45-47-60(48-46-55)71(61-28-16-27-59(49-61)64-33-17-26-57-25-10-11-29-62(57)64)69-36-15-14-31-66(69)68-35-18-34-65(58-23-8-3-9-24-58)70(68)67-32-13-12-30-63(67)56-21-6-2-7-22-56/h1-49H. The van der Waals surface area contributed by atoms with Crippen LogP contribution in [0.1, 0.15) is 0 Å². The molecular formula is C70H49N. The van der Waals surface area contributed by atoms with Gasteiger partial charge >= 0.3 is 0 Å². The maximum Gasteiger partial charge on any atom is 0.0540 e. The molecule has 0 fully saturated rings. The molecule has 0 N–H and O–H groups in total. The zero-order chi connectivity index (χ0) is 47.3. The average molecular weight is 904 g/mol. The third kappa shape index (κ3) is 8.63. The van der Waals surface area contributed by atoms with E-state index in [1.165, 1.54) is 77.5 Å². The summed E-state index contributed by atoms with van der Waals surface area (Å²) < 4.78 is 0. The Hall–Kier alpha value is -9.30. The van der Waals surface area contributed by atoms with Gasteiger partial charge in [0.15, 0.2) is 0 Å². The fourth-order valence-electron chi connectivity index (χ4n) is 10.3. The van der Waals surface area contributed by atoms with E-state index in [-0.39, 0.29) is 0 Å². The van der Waals surface area contributed by atoms with Gasteiger partial charge in [-0.1, -0.05) is 267 Å². The molecule has 0 atom stereocenters. The van der Waals surface area contributed by atoms with Crippen molar-refractivity contribution in [2.24, 2.45) is 0 Å². The molecule has 0 saturated heterocycles. The van der Waals surface area contributed by atoms with Crippen LogP contribution in [0.3, 0.4) is 0 Å². The minimum atomic E-state index is 1.07. The van der Waals surface area contributed by atoms with Crippen LogP contribution in [0.4, 0.5) is 17.1 Å². The Morgan fingerprint density at radius 3 is 1.23 bits per heavy atom. The van der Waals surface area contributed by atoms with Crippen LogP contribution in [0.15, 0.2) is 297 Å². The molecule has 71 heavy (non-hydrogen) atoms. The highest BCUT2D eigenvalue weighted by Crippen LogP contribution is 2.49. The molecule has 1 nitrogen and oxygen atoms in total. The summed E-state index contributed by atoms with van der Waals surface area (Å²) in [4.78, 5) is 2.44. The predicted octanol–water partition coefficient (Wildman–Crippen LogP) is 19.6. The Bertz CT molecular complexity index is 3760. The SMILES string of the molecule is c1ccc(-c2ccc(-c3ccc(-c4ccc(N(c5cccc(-c6cccc7ccccc67)c5)c5ccccc5-c5cccc(-c6ccccc6)c5-c5ccccc5-c5ccccc5)cc4)cc3)cc2)cc1. The minimum Gasteiger partial charge on any atom is -0.310 e. The highest BCUT2D eigenvalue weighted by Gasteiger charge is 2.23. The molecule has 0 aromatic heterocycles. The van der Waals surface area contributed by atoms with E-state index >= 15 is 0 Å². The molecule has 0 spiro atoms. The quantitative estimate of drug-likeness (QED) is 0.125. The Morgan fingerprint density at radius 1 is 0.197 bits per heavy atom. The van der Waals surface area contributed by atoms with Gasteiger partial charge < -0.3 is 4.90 Å².